The fraction of sp³-hybridized carbons (Fsp3) is 0.393. The molecular weight excluding hydrogens is 1370 g/mol. The number of hydrogen-bond donors (Lipinski definition) is 0. The van der Waals surface area contributed by atoms with E-state index in [-0.39, 0.29) is 66.1 Å². The molecule has 6 heteroatoms. The van der Waals surface area contributed by atoms with Crippen LogP contribution in [0, 0.1) is 16.7 Å². The Morgan fingerprint density at radius 3 is 0.699 bits per heavy atom. The van der Waals surface area contributed by atoms with Crippen molar-refractivity contribution < 1.29 is 0 Å². The van der Waals surface area contributed by atoms with Gasteiger partial charge in [-0.2, -0.15) is 5.26 Å². The number of allylic oxidation sites excluding steroid dienone is 2. The smallest absolute Gasteiger partial charge is 0.105 e. The highest BCUT2D eigenvalue weighted by molar-refractivity contribution is 6.18. The van der Waals surface area contributed by atoms with Crippen molar-refractivity contribution in [3.8, 4) is 28.8 Å². The van der Waals surface area contributed by atoms with Crippen LogP contribution in [0.2, 0.25) is 0 Å². The Morgan fingerprint density at radius 1 is 0.257 bits per heavy atom. The van der Waals surface area contributed by atoms with E-state index in [4.69, 9.17) is 0 Å². The lowest BCUT2D eigenvalue weighted by atomic mass is 9.77. The maximum atomic E-state index is 14.2. The monoisotopic (exact) mass is 1490 g/mol. The minimum Gasteiger partial charge on any atom is -0.330 e. The number of nitriles is 1. The molecule has 2 unspecified atom stereocenters. The molecule has 0 radical (unpaired) electrons. The van der Waals surface area contributed by atoms with E-state index in [2.05, 4.69) is 419 Å². The molecule has 0 saturated carbocycles. The summed E-state index contributed by atoms with van der Waals surface area (Å²) in [6.07, 6.45) is 7.65. The Morgan fingerprint density at radius 2 is 0.478 bits per heavy atom. The standard InChI is InChI=1S/C107H122N6/c1-98(2,3)62-31-41-83-72(51-62)73-52-63(99(4,5)6)32-42-84(73)109(83)93-82(61-108)94(110-85-43-33-64(100(7,8)9)53-74(85)75-54-65(101(10,11)12)34-44-86(75)110)96(112-89-47-37-68(104(19,20)21)57-78(89)79-58-69(105(22,23)24)38-48-90(79)112)97(113-91-49-39-70(106(25,26)27)59-80(91)81-60-71(107(28,29)30)40-50-92(81)113)95(93)111-87-45-35-66(102(13,14)15)55-76(87)77-56-67(103(16,17)18)36-46-88(77)111/h31-60,80,91H,1-30H3. The van der Waals surface area contributed by atoms with Gasteiger partial charge >= 0.3 is 0 Å². The predicted octanol–water partition coefficient (Wildman–Crippen LogP) is 29.8. The van der Waals surface area contributed by atoms with Gasteiger partial charge in [-0.15, -0.1) is 0 Å². The second-order valence-corrected chi connectivity index (χ2v) is 44.1. The highest BCUT2D eigenvalue weighted by atomic mass is 15.3. The van der Waals surface area contributed by atoms with Gasteiger partial charge in [0.15, 0.2) is 0 Å². The molecule has 0 saturated heterocycles. The molecule has 0 amide bonds. The topological polar surface area (TPSA) is 46.8 Å². The van der Waals surface area contributed by atoms with Crippen molar-refractivity contribution in [2.24, 2.45) is 5.41 Å². The quantitative estimate of drug-likeness (QED) is 0.172. The number of aromatic nitrogens is 4. The molecule has 4 aromatic heterocycles. The lowest BCUT2D eigenvalue weighted by Crippen LogP contribution is -2.33. The van der Waals surface area contributed by atoms with E-state index in [1.807, 2.05) is 0 Å². The van der Waals surface area contributed by atoms with Crippen LogP contribution in [0.1, 0.15) is 275 Å². The van der Waals surface area contributed by atoms with Crippen LogP contribution in [0.4, 0.5) is 11.4 Å². The van der Waals surface area contributed by atoms with Crippen molar-refractivity contribution in [3.63, 3.8) is 0 Å². The minimum absolute atomic E-state index is 0.0850. The van der Waals surface area contributed by atoms with Crippen LogP contribution in [-0.4, -0.2) is 24.3 Å². The zero-order chi connectivity index (χ0) is 81.6. The Balaban J connectivity index is 1.30. The first kappa shape index (κ1) is 77.1. The SMILES string of the molecule is CC(C)(C)C1=CC2c3cc(C(C)(C)C)ccc3N(c3c(-n4c5ccc(C(C)(C)C)cc5c5cc(C(C)(C)C)ccc54)c(-n4c5ccc(C(C)(C)C)cc5c5cc(C(C)(C)C)ccc54)c(C#N)c(-n4c5ccc(C(C)(C)C)cc5c5cc(C(C)(C)C)ccc54)c3-n3c4ccc(C(C)(C)C)cc4c4cc(C(C)(C)C)ccc43)C2C=C1. The third-order valence-corrected chi connectivity index (χ3v) is 25.5. The van der Waals surface area contributed by atoms with E-state index < -0.39 is 0 Å². The fourth-order valence-corrected chi connectivity index (χ4v) is 18.3. The van der Waals surface area contributed by atoms with Gasteiger partial charge in [0.2, 0.25) is 0 Å². The van der Waals surface area contributed by atoms with E-state index in [1.54, 1.807) is 0 Å². The largest absolute Gasteiger partial charge is 0.330 e. The molecular formula is C107H122N6. The Labute approximate surface area is 674 Å². The van der Waals surface area contributed by atoms with Crippen LogP contribution in [0.5, 0.6) is 0 Å². The lowest BCUT2D eigenvalue weighted by molar-refractivity contribution is 0.507. The molecule has 2 atom stereocenters. The van der Waals surface area contributed by atoms with E-state index in [9.17, 15) is 5.26 Å². The molecule has 6 nitrogen and oxygen atoms in total. The average molecular weight is 1490 g/mol. The number of anilines is 2. The first-order chi connectivity index (χ1) is 52.3. The maximum absolute atomic E-state index is 14.2. The summed E-state index contributed by atoms with van der Waals surface area (Å²) in [6, 6.07) is 68.9. The average Bonchev–Trinajstić information content (AvgIpc) is 1.55. The molecule has 16 rings (SSSR count). The number of hydrogen-bond acceptors (Lipinski definition) is 2. The molecule has 10 aromatic carbocycles. The summed E-state index contributed by atoms with van der Waals surface area (Å²) in [5.41, 5.74) is 26.7. The van der Waals surface area contributed by atoms with Gasteiger partial charge in [0.1, 0.15) is 11.6 Å². The number of fused-ring (bicyclic) bond motifs is 15. The van der Waals surface area contributed by atoms with Crippen LogP contribution < -0.4 is 4.90 Å². The van der Waals surface area contributed by atoms with Crippen LogP contribution in [0.15, 0.2) is 188 Å². The van der Waals surface area contributed by atoms with Gasteiger partial charge in [-0.1, -0.05) is 287 Å². The fourth-order valence-electron chi connectivity index (χ4n) is 18.3. The van der Waals surface area contributed by atoms with Gasteiger partial charge in [-0.05, 0) is 218 Å². The Bertz CT molecular complexity index is 5850. The van der Waals surface area contributed by atoms with Crippen molar-refractivity contribution in [1.29, 1.82) is 5.26 Å². The normalized spacial score (nSPS) is 15.9. The van der Waals surface area contributed by atoms with E-state index in [0.29, 0.717) is 5.56 Å². The summed E-state index contributed by atoms with van der Waals surface area (Å²) in [6.45, 7) is 70.4. The van der Waals surface area contributed by atoms with Crippen molar-refractivity contribution >= 4 is 98.6 Å². The third-order valence-electron chi connectivity index (χ3n) is 25.5. The summed E-state index contributed by atoms with van der Waals surface area (Å²) in [7, 11) is 0. The molecule has 5 heterocycles. The van der Waals surface area contributed by atoms with Gasteiger partial charge in [-0.3, -0.25) is 0 Å². The van der Waals surface area contributed by atoms with Crippen molar-refractivity contribution in [2.75, 3.05) is 4.90 Å². The highest BCUT2D eigenvalue weighted by Crippen LogP contribution is 2.60. The molecule has 0 spiro atoms. The molecule has 0 N–H and O–H groups in total. The summed E-state index contributed by atoms with van der Waals surface area (Å²) in [5.74, 6) is -0.0850. The van der Waals surface area contributed by atoms with Gasteiger partial charge in [0, 0.05) is 54.7 Å². The van der Waals surface area contributed by atoms with Crippen molar-refractivity contribution in [3.05, 3.63) is 249 Å². The molecule has 2 aliphatic rings. The molecule has 580 valence electrons. The van der Waals surface area contributed by atoms with Crippen LogP contribution in [-0.2, 0) is 48.7 Å². The molecule has 1 aliphatic heterocycles. The number of rotatable bonds is 5. The van der Waals surface area contributed by atoms with Gasteiger partial charge < -0.3 is 23.2 Å². The molecule has 0 fully saturated rings. The lowest BCUT2D eigenvalue weighted by Gasteiger charge is -2.37. The van der Waals surface area contributed by atoms with Crippen LogP contribution in [0.3, 0.4) is 0 Å². The van der Waals surface area contributed by atoms with Crippen LogP contribution >= 0.6 is 0 Å². The highest BCUT2D eigenvalue weighted by Gasteiger charge is 2.46. The predicted molar refractivity (Wildman–Crippen MR) is 489 cm³/mol. The van der Waals surface area contributed by atoms with Gasteiger partial charge in [0.25, 0.3) is 0 Å². The zero-order valence-electron chi connectivity index (χ0n) is 73.7. The van der Waals surface area contributed by atoms with Crippen LogP contribution in [0.25, 0.3) is 110 Å². The maximum Gasteiger partial charge on any atom is 0.105 e. The number of nitrogens with zero attached hydrogens (tertiary/aromatic N) is 6. The second kappa shape index (κ2) is 25.1. The third kappa shape index (κ3) is 12.5. The molecule has 14 aromatic rings. The van der Waals surface area contributed by atoms with E-state index in [1.165, 1.54) is 82.8 Å². The summed E-state index contributed by atoms with van der Waals surface area (Å²) in [5, 5.41) is 23.5. The first-order valence-corrected chi connectivity index (χ1v) is 41.7. The Kier molecular flexibility index (Phi) is 17.1. The van der Waals surface area contributed by atoms with Gasteiger partial charge in [0.05, 0.1) is 78.6 Å². The van der Waals surface area contributed by atoms with Gasteiger partial charge in [-0.25, -0.2) is 0 Å². The summed E-state index contributed by atoms with van der Waals surface area (Å²) < 4.78 is 10.5. The Hall–Kier alpha value is -9.83. The molecule has 0 bridgehead atoms. The summed E-state index contributed by atoms with van der Waals surface area (Å²) >= 11 is 0. The minimum atomic E-state index is -0.262. The first-order valence-electron chi connectivity index (χ1n) is 41.7. The summed E-state index contributed by atoms with van der Waals surface area (Å²) in [4.78, 5) is 2.81. The van der Waals surface area contributed by atoms with Crippen molar-refractivity contribution in [1.82, 2.24) is 18.3 Å². The second-order valence-electron chi connectivity index (χ2n) is 44.1. The molecule has 1 aliphatic carbocycles. The zero-order valence-corrected chi connectivity index (χ0v) is 73.7. The van der Waals surface area contributed by atoms with Crippen molar-refractivity contribution in [2.45, 2.75) is 268 Å². The van der Waals surface area contributed by atoms with E-state index in [0.717, 1.165) is 99.8 Å². The molecule has 113 heavy (non-hydrogen) atoms. The van der Waals surface area contributed by atoms with E-state index >= 15 is 0 Å². The number of benzene rings is 10.